The van der Waals surface area contributed by atoms with Crippen LogP contribution in [0.3, 0.4) is 0 Å². The number of imidazole rings is 2. The number of rotatable bonds is 2. The summed E-state index contributed by atoms with van der Waals surface area (Å²) in [5.74, 6) is 1.91. The van der Waals surface area contributed by atoms with Gasteiger partial charge < -0.3 is 9.47 Å². The van der Waals surface area contributed by atoms with E-state index < -0.39 is 11.2 Å². The number of hydrogen-bond donors (Lipinski definition) is 0. The Bertz CT molecular complexity index is 1690. The summed E-state index contributed by atoms with van der Waals surface area (Å²) in [5, 5.41) is 0. The van der Waals surface area contributed by atoms with Gasteiger partial charge in [0.05, 0.1) is 11.4 Å². The quantitative estimate of drug-likeness (QED) is 0.430. The zero-order valence-corrected chi connectivity index (χ0v) is 17.7. The first-order valence-electron chi connectivity index (χ1n) is 10.1. The summed E-state index contributed by atoms with van der Waals surface area (Å²) < 4.78 is 17.3. The Morgan fingerprint density at radius 3 is 2.56 bits per heavy atom. The number of hydrogen-bond acceptors (Lipinski definition) is 5. The molecule has 0 fully saturated rings. The molecule has 6 rings (SSSR count). The molecule has 0 atom stereocenters. The summed E-state index contributed by atoms with van der Waals surface area (Å²) in [4.78, 5) is 30.2. The number of aromatic nitrogens is 5. The van der Waals surface area contributed by atoms with Crippen LogP contribution < -0.4 is 20.7 Å². The van der Waals surface area contributed by atoms with Crippen LogP contribution in [0.1, 0.15) is 5.56 Å². The van der Waals surface area contributed by atoms with E-state index in [0.717, 1.165) is 27.1 Å². The summed E-state index contributed by atoms with van der Waals surface area (Å²) in [6, 6.07) is 13.7. The molecule has 2 aromatic carbocycles. The van der Waals surface area contributed by atoms with Gasteiger partial charge in [-0.15, -0.1) is 0 Å². The van der Waals surface area contributed by atoms with Crippen molar-refractivity contribution in [1.82, 2.24) is 23.1 Å². The van der Waals surface area contributed by atoms with Crippen LogP contribution in [0.4, 0.5) is 0 Å². The lowest BCUT2D eigenvalue weighted by Gasteiger charge is -2.12. The third-order valence-electron chi connectivity index (χ3n) is 5.99. The lowest BCUT2D eigenvalue weighted by atomic mass is 10.1. The Morgan fingerprint density at radius 1 is 0.969 bits per heavy atom. The van der Waals surface area contributed by atoms with Crippen molar-refractivity contribution in [1.29, 1.82) is 0 Å². The first kappa shape index (κ1) is 18.5. The van der Waals surface area contributed by atoms with Crippen molar-refractivity contribution in [3.8, 4) is 28.4 Å². The molecular formula is C23H19N5O4. The predicted octanol–water partition coefficient (Wildman–Crippen LogP) is 2.38. The fourth-order valence-corrected chi connectivity index (χ4v) is 4.28. The summed E-state index contributed by atoms with van der Waals surface area (Å²) >= 11 is 0. The monoisotopic (exact) mass is 429 g/mol. The van der Waals surface area contributed by atoms with Crippen LogP contribution in [0.5, 0.6) is 11.5 Å². The maximum absolute atomic E-state index is 13.0. The maximum Gasteiger partial charge on any atom is 0.332 e. The molecule has 0 amide bonds. The molecule has 0 saturated carbocycles. The van der Waals surface area contributed by atoms with Crippen molar-refractivity contribution < 1.29 is 9.47 Å². The van der Waals surface area contributed by atoms with Crippen LogP contribution in [0.15, 0.2) is 58.3 Å². The topological polar surface area (TPSA) is 84.7 Å². The molecule has 9 heteroatoms. The fraction of sp³-hybridized carbons (Fsp3) is 0.174. The van der Waals surface area contributed by atoms with Gasteiger partial charge in [-0.25, -0.2) is 4.79 Å². The Balaban J connectivity index is 1.77. The number of aryl methyl sites for hydroxylation is 2. The second kappa shape index (κ2) is 6.36. The van der Waals surface area contributed by atoms with E-state index in [1.54, 1.807) is 11.4 Å². The van der Waals surface area contributed by atoms with Gasteiger partial charge in [0.25, 0.3) is 5.56 Å². The van der Waals surface area contributed by atoms with Crippen LogP contribution >= 0.6 is 0 Å². The van der Waals surface area contributed by atoms with Crippen molar-refractivity contribution >= 4 is 16.9 Å². The normalized spacial score (nSPS) is 12.8. The predicted molar refractivity (Wildman–Crippen MR) is 119 cm³/mol. The van der Waals surface area contributed by atoms with Gasteiger partial charge in [-0.3, -0.25) is 22.9 Å². The molecular weight excluding hydrogens is 410 g/mol. The summed E-state index contributed by atoms with van der Waals surface area (Å²) in [5.41, 5.74) is 3.56. The molecule has 0 unspecified atom stereocenters. The second-order valence-corrected chi connectivity index (χ2v) is 7.86. The first-order chi connectivity index (χ1) is 15.5. The van der Waals surface area contributed by atoms with E-state index in [2.05, 4.69) is 0 Å². The minimum absolute atomic E-state index is 0.190. The highest BCUT2D eigenvalue weighted by Crippen LogP contribution is 2.38. The van der Waals surface area contributed by atoms with E-state index in [9.17, 15) is 9.59 Å². The molecule has 1 aliphatic heterocycles. The minimum atomic E-state index is -0.415. The third-order valence-corrected chi connectivity index (χ3v) is 5.99. The highest BCUT2D eigenvalue weighted by atomic mass is 16.7. The number of nitrogens with zero attached hydrogens (tertiary/aromatic N) is 5. The van der Waals surface area contributed by atoms with Crippen molar-refractivity contribution in [3.63, 3.8) is 0 Å². The number of para-hydroxylation sites is 1. The molecule has 9 nitrogen and oxygen atoms in total. The molecule has 3 aromatic heterocycles. The van der Waals surface area contributed by atoms with E-state index >= 15 is 0 Å². The highest BCUT2D eigenvalue weighted by Gasteiger charge is 2.23. The van der Waals surface area contributed by atoms with Crippen LogP contribution in [-0.2, 0) is 14.1 Å². The maximum atomic E-state index is 13.0. The molecule has 0 N–H and O–H groups in total. The number of benzene rings is 2. The van der Waals surface area contributed by atoms with E-state index in [0.29, 0.717) is 28.4 Å². The van der Waals surface area contributed by atoms with Crippen LogP contribution in [0.25, 0.3) is 33.9 Å². The molecule has 0 aliphatic carbocycles. The zero-order valence-electron chi connectivity index (χ0n) is 17.7. The van der Waals surface area contributed by atoms with Crippen molar-refractivity contribution in [2.24, 2.45) is 14.1 Å². The van der Waals surface area contributed by atoms with Crippen LogP contribution in [-0.4, -0.2) is 29.9 Å². The lowest BCUT2D eigenvalue weighted by molar-refractivity contribution is 0.174. The largest absolute Gasteiger partial charge is 0.454 e. The van der Waals surface area contributed by atoms with Gasteiger partial charge in [0.1, 0.15) is 0 Å². The zero-order chi connectivity index (χ0) is 22.1. The smallest absolute Gasteiger partial charge is 0.332 e. The third kappa shape index (κ3) is 2.36. The van der Waals surface area contributed by atoms with Gasteiger partial charge >= 0.3 is 5.69 Å². The molecule has 1 aliphatic rings. The fourth-order valence-electron chi connectivity index (χ4n) is 4.28. The standard InChI is InChI=1S/C23H19N5O4/c1-13-6-4-5-7-15(13)28-16(14-8-9-17-18(10-14)32-12-31-17)11-27-19-20(24-22(27)28)25(2)23(30)26(3)21(19)29/h4-11H,12H2,1-3H3. The van der Waals surface area contributed by atoms with Crippen LogP contribution in [0.2, 0.25) is 0 Å². The van der Waals surface area contributed by atoms with E-state index in [1.807, 2.05) is 60.2 Å². The highest BCUT2D eigenvalue weighted by molar-refractivity contribution is 5.80. The van der Waals surface area contributed by atoms with E-state index in [-0.39, 0.29) is 6.79 Å². The molecule has 0 saturated heterocycles. The lowest BCUT2D eigenvalue weighted by Crippen LogP contribution is -2.37. The molecule has 160 valence electrons. The van der Waals surface area contributed by atoms with Crippen LogP contribution in [0, 0.1) is 6.92 Å². The first-order valence-corrected chi connectivity index (χ1v) is 10.1. The minimum Gasteiger partial charge on any atom is -0.454 e. The van der Waals surface area contributed by atoms with E-state index in [4.69, 9.17) is 14.5 Å². The number of ether oxygens (including phenoxy) is 2. The summed E-state index contributed by atoms with van der Waals surface area (Å²) in [6.07, 6.45) is 1.88. The van der Waals surface area contributed by atoms with Crippen molar-refractivity contribution in [2.75, 3.05) is 6.79 Å². The molecule has 32 heavy (non-hydrogen) atoms. The summed E-state index contributed by atoms with van der Waals surface area (Å²) in [6.45, 7) is 2.21. The van der Waals surface area contributed by atoms with E-state index in [1.165, 1.54) is 11.6 Å². The van der Waals surface area contributed by atoms with Gasteiger partial charge in [0.15, 0.2) is 22.7 Å². The second-order valence-electron chi connectivity index (χ2n) is 7.86. The SMILES string of the molecule is Cc1ccccc1-n1c(-c2ccc3c(c2)OCO3)cn2c3c(=O)n(C)c(=O)n(C)c3nc12. The molecule has 0 radical (unpaired) electrons. The van der Waals surface area contributed by atoms with Crippen molar-refractivity contribution in [2.45, 2.75) is 6.92 Å². The number of fused-ring (bicyclic) bond motifs is 4. The molecule has 4 heterocycles. The van der Waals surface area contributed by atoms with Gasteiger partial charge in [-0.1, -0.05) is 18.2 Å². The van der Waals surface area contributed by atoms with Gasteiger partial charge in [0.2, 0.25) is 12.6 Å². The van der Waals surface area contributed by atoms with Crippen molar-refractivity contribution in [3.05, 3.63) is 75.1 Å². The molecule has 5 aromatic rings. The average Bonchev–Trinajstić information content (AvgIpc) is 3.49. The average molecular weight is 429 g/mol. The Morgan fingerprint density at radius 2 is 1.75 bits per heavy atom. The van der Waals surface area contributed by atoms with Gasteiger partial charge in [0, 0.05) is 25.9 Å². The molecule has 0 bridgehead atoms. The molecule has 0 spiro atoms. The van der Waals surface area contributed by atoms with Gasteiger partial charge in [-0.05, 0) is 36.8 Å². The van der Waals surface area contributed by atoms with Gasteiger partial charge in [-0.2, -0.15) is 4.98 Å². The Kier molecular flexibility index (Phi) is 3.68. The Labute approximate surface area is 181 Å². The Hall–Kier alpha value is -4.27. The summed E-state index contributed by atoms with van der Waals surface area (Å²) in [7, 11) is 3.09.